The van der Waals surface area contributed by atoms with Crippen LogP contribution in [0.1, 0.15) is 43.2 Å². The van der Waals surface area contributed by atoms with Gasteiger partial charge in [0.2, 0.25) is 0 Å². The zero-order chi connectivity index (χ0) is 22.7. The zero-order valence-corrected chi connectivity index (χ0v) is 18.4. The zero-order valence-electron chi connectivity index (χ0n) is 17.6. The summed E-state index contributed by atoms with van der Waals surface area (Å²) in [5, 5.41) is 24.6. The maximum Gasteiger partial charge on any atom is 0.307 e. The molecule has 6 nitrogen and oxygen atoms in total. The predicted molar refractivity (Wildman–Crippen MR) is 124 cm³/mol. The summed E-state index contributed by atoms with van der Waals surface area (Å²) < 4.78 is 13.4. The van der Waals surface area contributed by atoms with Crippen molar-refractivity contribution >= 4 is 26.5 Å². The number of benzene rings is 2. The van der Waals surface area contributed by atoms with E-state index in [2.05, 4.69) is 0 Å². The molecule has 2 unspecified atom stereocenters. The van der Waals surface area contributed by atoms with E-state index in [9.17, 15) is 18.9 Å². The molecule has 0 aliphatic heterocycles. The third kappa shape index (κ3) is 8.94. The summed E-state index contributed by atoms with van der Waals surface area (Å²) in [6.07, 6.45) is 2.92. The lowest BCUT2D eigenvalue weighted by Crippen LogP contribution is -2.34. The molecule has 0 spiro atoms. The molecule has 4 N–H and O–H groups in total. The molecule has 2 atom stereocenters. The summed E-state index contributed by atoms with van der Waals surface area (Å²) in [6, 6.07) is 19.8. The Bertz CT molecular complexity index is 966. The fourth-order valence-corrected chi connectivity index (χ4v) is 5.61. The molecule has 0 saturated carbocycles. The van der Waals surface area contributed by atoms with E-state index in [1.54, 1.807) is 0 Å². The van der Waals surface area contributed by atoms with Gasteiger partial charge in [-0.3, -0.25) is 18.9 Å². The number of carbonyl (C=O) groups is 2. The first-order valence-corrected chi connectivity index (χ1v) is 12.2. The lowest BCUT2D eigenvalue weighted by atomic mass is 10.0. The average Bonchev–Trinajstić information content (AvgIpc) is 2.74. The monoisotopic (exact) mass is 445 g/mol. The summed E-state index contributed by atoms with van der Waals surface area (Å²) in [4.78, 5) is 23.1. The molecule has 0 aromatic heterocycles. The predicted octanol–water partition coefficient (Wildman–Crippen LogP) is 3.54. The summed E-state index contributed by atoms with van der Waals surface area (Å²) in [6.45, 7) is 0. The minimum Gasteiger partial charge on any atom is -0.481 e. The number of hydrogen-bond donors (Lipinski definition) is 3. The van der Waals surface area contributed by atoms with Crippen molar-refractivity contribution < 1.29 is 24.0 Å². The topological polar surface area (TPSA) is 118 Å². The van der Waals surface area contributed by atoms with Crippen LogP contribution in [0.3, 0.4) is 0 Å². The molecule has 0 fully saturated rings. The van der Waals surface area contributed by atoms with Crippen LogP contribution >= 0.6 is 0 Å². The van der Waals surface area contributed by atoms with E-state index >= 15 is 0 Å². The van der Waals surface area contributed by atoms with Crippen molar-refractivity contribution in [1.82, 2.24) is 0 Å². The summed E-state index contributed by atoms with van der Waals surface area (Å²) >= 11 is 0. The Kier molecular flexibility index (Phi) is 9.75. The van der Waals surface area contributed by atoms with Gasteiger partial charge < -0.3 is 10.2 Å². The highest BCUT2D eigenvalue weighted by Crippen LogP contribution is 2.15. The molecule has 2 aromatic rings. The maximum atomic E-state index is 13.4. The first kappa shape index (κ1) is 24.6. The van der Waals surface area contributed by atoms with E-state index < -0.39 is 27.6 Å². The quantitative estimate of drug-likeness (QED) is 0.408. The number of nitrogens with two attached hydrogens (primary N) is 1. The van der Waals surface area contributed by atoms with Crippen LogP contribution in [0.4, 0.5) is 0 Å². The second kappa shape index (κ2) is 12.3. The van der Waals surface area contributed by atoms with E-state index in [-0.39, 0.29) is 18.6 Å². The number of aryl methyl sites for hydroxylation is 2. The minimum atomic E-state index is -3.05. The number of aliphatic carboxylic acids is 2. The molecule has 168 valence electrons. The molecule has 0 aliphatic rings. The molecule has 2 aromatic carbocycles. The van der Waals surface area contributed by atoms with Crippen molar-refractivity contribution in [2.24, 2.45) is 11.1 Å². The number of hydrogen-bond acceptors (Lipinski definition) is 3. The highest BCUT2D eigenvalue weighted by Gasteiger charge is 2.24. The van der Waals surface area contributed by atoms with Gasteiger partial charge in [0.1, 0.15) is 0 Å². The van der Waals surface area contributed by atoms with Crippen LogP contribution in [-0.2, 0) is 32.1 Å². The van der Waals surface area contributed by atoms with Gasteiger partial charge in [0.25, 0.3) is 0 Å². The highest BCUT2D eigenvalue weighted by atomic mass is 32.2. The molecule has 0 saturated heterocycles. The smallest absolute Gasteiger partial charge is 0.307 e. The van der Waals surface area contributed by atoms with Crippen LogP contribution in [0.15, 0.2) is 60.7 Å². The van der Waals surface area contributed by atoms with Gasteiger partial charge in [-0.1, -0.05) is 60.7 Å². The van der Waals surface area contributed by atoms with E-state index in [4.69, 9.17) is 10.2 Å². The molecule has 0 aliphatic carbocycles. The van der Waals surface area contributed by atoms with Crippen LogP contribution < -0.4 is 5.14 Å². The van der Waals surface area contributed by atoms with Crippen molar-refractivity contribution in [2.45, 2.75) is 44.9 Å². The molecule has 0 heterocycles. The van der Waals surface area contributed by atoms with Crippen LogP contribution in [0.25, 0.3) is 0 Å². The Labute approximate surface area is 184 Å². The van der Waals surface area contributed by atoms with Gasteiger partial charge in [0, 0.05) is 21.9 Å². The maximum absolute atomic E-state index is 13.4. The number of rotatable bonds is 13. The van der Waals surface area contributed by atoms with Crippen LogP contribution in [-0.4, -0.2) is 37.0 Å². The molecule has 31 heavy (non-hydrogen) atoms. The number of carboxylic acids is 2. The van der Waals surface area contributed by atoms with Gasteiger partial charge in [0.05, 0.1) is 5.92 Å². The standard InChI is InChI=1S/C24H31NO5S/c25-31(30,18-21(24(28)29)15-17-23(26)27)22(16-14-20-10-5-2-6-11-20)13-7-12-19-8-3-1-4-9-19/h1-6,8-11,21H,7,12-18H2,(H2,25,30)(H,26,27)(H,28,29). The number of carboxylic acid groups (broad SMARTS) is 2. The van der Waals surface area contributed by atoms with E-state index in [0.717, 1.165) is 18.4 Å². The van der Waals surface area contributed by atoms with Gasteiger partial charge in [-0.2, -0.15) is 0 Å². The first-order chi connectivity index (χ1) is 14.8. The third-order valence-corrected chi connectivity index (χ3v) is 7.58. The fraction of sp³-hybridized carbons (Fsp3) is 0.375. The lowest BCUT2D eigenvalue weighted by Gasteiger charge is -2.18. The summed E-state index contributed by atoms with van der Waals surface area (Å²) in [5.74, 6) is -3.52. The second-order valence-corrected chi connectivity index (χ2v) is 10.1. The first-order valence-electron chi connectivity index (χ1n) is 10.4. The largest absolute Gasteiger partial charge is 0.481 e. The van der Waals surface area contributed by atoms with E-state index in [1.165, 1.54) is 5.56 Å². The van der Waals surface area contributed by atoms with Crippen LogP contribution in [0.5, 0.6) is 0 Å². The van der Waals surface area contributed by atoms with Gasteiger partial charge in [-0.25, -0.2) is 0 Å². The van der Waals surface area contributed by atoms with Crippen molar-refractivity contribution in [1.29, 1.82) is 0 Å². The van der Waals surface area contributed by atoms with Crippen LogP contribution in [0.2, 0.25) is 0 Å². The molecule has 0 bridgehead atoms. The fourth-order valence-electron chi connectivity index (χ4n) is 3.53. The Morgan fingerprint density at radius 1 is 0.839 bits per heavy atom. The molecule has 7 heteroatoms. The normalized spacial score (nSPS) is 13.8. The molecular weight excluding hydrogens is 414 g/mol. The van der Waals surface area contributed by atoms with E-state index in [1.807, 2.05) is 60.7 Å². The van der Waals surface area contributed by atoms with Crippen LogP contribution in [0, 0.1) is 5.92 Å². The van der Waals surface area contributed by atoms with Crippen molar-refractivity contribution in [2.75, 3.05) is 5.75 Å². The van der Waals surface area contributed by atoms with Crippen molar-refractivity contribution in [3.63, 3.8) is 0 Å². The Morgan fingerprint density at radius 2 is 1.39 bits per heavy atom. The average molecular weight is 446 g/mol. The third-order valence-electron chi connectivity index (χ3n) is 5.29. The molecule has 2 rings (SSSR count). The Balaban J connectivity index is 2.18. The Morgan fingerprint density at radius 3 is 1.90 bits per heavy atom. The van der Waals surface area contributed by atoms with E-state index in [0.29, 0.717) is 24.1 Å². The van der Waals surface area contributed by atoms with Gasteiger partial charge in [-0.05, 0) is 54.5 Å². The van der Waals surface area contributed by atoms with Crippen molar-refractivity contribution in [3.05, 3.63) is 71.8 Å². The molecule has 0 amide bonds. The summed E-state index contributed by atoms with van der Waals surface area (Å²) in [5.41, 5.74) is 2.28. The molecular formula is C24H31NO5S. The highest BCUT2D eigenvalue weighted by molar-refractivity contribution is 8.00. The van der Waals surface area contributed by atoms with Crippen molar-refractivity contribution in [3.8, 4) is 0 Å². The lowest BCUT2D eigenvalue weighted by molar-refractivity contribution is -0.142. The van der Waals surface area contributed by atoms with Gasteiger partial charge in [-0.15, -0.1) is 0 Å². The second-order valence-electron chi connectivity index (χ2n) is 7.72. The van der Waals surface area contributed by atoms with Gasteiger partial charge in [0.15, 0.2) is 0 Å². The molecule has 0 radical (unpaired) electrons. The SMILES string of the molecule is NS(=O)(CC(CCC(=O)O)C(=O)O)=C(CCCc1ccccc1)CCc1ccccc1. The minimum absolute atomic E-state index is 0.0885. The van der Waals surface area contributed by atoms with Gasteiger partial charge >= 0.3 is 11.9 Å². The summed E-state index contributed by atoms with van der Waals surface area (Å²) in [7, 11) is -3.05. The Hall–Kier alpha value is -2.64.